The molecule has 1 heterocycles. The van der Waals surface area contributed by atoms with E-state index in [1.165, 1.54) is 16.7 Å². The van der Waals surface area contributed by atoms with Crippen LogP contribution in [0.2, 0.25) is 0 Å². The van der Waals surface area contributed by atoms with Crippen molar-refractivity contribution >= 4 is 10.9 Å². The standard InChI is InChI=1S/C57H78NO4.Cu/c1-52(2,3)31-37-22-25-44(40(28-37)34-55(10,11)12)60-47-21-19-20-43-48(47)49(61-45-26-23-38(32-53(4,5)6)29-41(45)35-56(13,14)15)50(51(59)58-43)62-46-27-24-39(33-54(7,8)9)30-42(46)36-57(16,17)18;/h19,21-30H,31-36H2,1-18H3,(H,58,59);/q-1;+1. The van der Waals surface area contributed by atoms with Gasteiger partial charge in [-0.2, -0.15) is 12.1 Å². The number of hydrogen-bond acceptors (Lipinski definition) is 4. The van der Waals surface area contributed by atoms with Crippen LogP contribution in [0.1, 0.15) is 158 Å². The fourth-order valence-corrected chi connectivity index (χ4v) is 8.30. The number of fused-ring (bicyclic) bond motifs is 1. The van der Waals surface area contributed by atoms with Gasteiger partial charge in [0.1, 0.15) is 23.0 Å². The number of H-pyrrole nitrogens is 1. The van der Waals surface area contributed by atoms with E-state index < -0.39 is 5.56 Å². The van der Waals surface area contributed by atoms with E-state index in [9.17, 15) is 4.79 Å². The Hall–Kier alpha value is -3.99. The summed E-state index contributed by atoms with van der Waals surface area (Å²) < 4.78 is 21.2. The molecular formula is C57H78CuNO4. The van der Waals surface area contributed by atoms with Gasteiger partial charge in [0.2, 0.25) is 5.75 Å². The first kappa shape index (κ1) is 51.6. The van der Waals surface area contributed by atoms with Crippen molar-refractivity contribution in [3.63, 3.8) is 0 Å². The van der Waals surface area contributed by atoms with Gasteiger partial charge in [-0.3, -0.25) is 4.79 Å². The molecule has 0 unspecified atom stereocenters. The molecule has 0 aliphatic rings. The van der Waals surface area contributed by atoms with Crippen molar-refractivity contribution in [2.75, 3.05) is 0 Å². The average Bonchev–Trinajstić information content (AvgIpc) is 3.05. The molecule has 0 aliphatic carbocycles. The third-order valence-electron chi connectivity index (χ3n) is 10.2. The van der Waals surface area contributed by atoms with E-state index in [-0.39, 0.29) is 55.3 Å². The number of nitrogens with one attached hydrogen (secondary N) is 1. The summed E-state index contributed by atoms with van der Waals surface area (Å²) in [6.45, 7) is 40.6. The van der Waals surface area contributed by atoms with Gasteiger partial charge in [-0.1, -0.05) is 167 Å². The Morgan fingerprint density at radius 3 is 1.11 bits per heavy atom. The van der Waals surface area contributed by atoms with Crippen molar-refractivity contribution in [1.29, 1.82) is 0 Å². The summed E-state index contributed by atoms with van der Waals surface area (Å²) in [5.74, 6) is 3.01. The number of aromatic amines is 1. The third-order valence-corrected chi connectivity index (χ3v) is 10.2. The molecule has 4 aromatic carbocycles. The predicted molar refractivity (Wildman–Crippen MR) is 262 cm³/mol. The fraction of sp³-hybridized carbons (Fsp3) is 0.526. The van der Waals surface area contributed by atoms with Crippen molar-refractivity contribution < 1.29 is 31.3 Å². The van der Waals surface area contributed by atoms with Crippen molar-refractivity contribution in [2.24, 2.45) is 32.5 Å². The smallest absolute Gasteiger partial charge is 0.482 e. The summed E-state index contributed by atoms with van der Waals surface area (Å²) in [5.41, 5.74) is 7.39. The molecule has 5 aromatic rings. The van der Waals surface area contributed by atoms with Crippen LogP contribution < -0.4 is 19.8 Å². The molecule has 0 saturated carbocycles. The molecule has 346 valence electrons. The van der Waals surface area contributed by atoms with Crippen molar-refractivity contribution in [1.82, 2.24) is 4.98 Å². The molecule has 0 fully saturated rings. The predicted octanol–water partition coefficient (Wildman–Crippen LogP) is 16.2. The van der Waals surface area contributed by atoms with Crippen LogP contribution in [0.25, 0.3) is 10.9 Å². The fourth-order valence-electron chi connectivity index (χ4n) is 8.30. The second kappa shape index (κ2) is 19.2. The van der Waals surface area contributed by atoms with Crippen LogP contribution in [0.4, 0.5) is 0 Å². The van der Waals surface area contributed by atoms with Crippen LogP contribution in [-0.4, -0.2) is 4.98 Å². The molecule has 63 heavy (non-hydrogen) atoms. The van der Waals surface area contributed by atoms with Gasteiger partial charge in [0.15, 0.2) is 0 Å². The average molecular weight is 905 g/mol. The minimum Gasteiger partial charge on any atom is -0.482 e. The Morgan fingerprint density at radius 2 is 0.762 bits per heavy atom. The maximum atomic E-state index is 14.5. The second-order valence-corrected chi connectivity index (χ2v) is 25.3. The minimum absolute atomic E-state index is 0. The number of hydrogen-bond donors (Lipinski definition) is 1. The Kier molecular flexibility index (Phi) is 15.8. The SMILES string of the molecule is CC(C)(C)Cc1ccc(Oc2c(Oc3ccc(CC(C)(C)C)cc3CC(C)(C)C)c3c(Oc4ccc(CC(C)(C)C)cc4CC(C)(C)C)cc[c-]c3[nH]c2=O)c(CC(C)(C)C)c1.[Cu+]. The molecule has 6 heteroatoms. The normalized spacial score (nSPS) is 12.9. The van der Waals surface area contributed by atoms with E-state index >= 15 is 0 Å². The molecule has 0 radical (unpaired) electrons. The molecule has 0 saturated heterocycles. The van der Waals surface area contributed by atoms with Gasteiger partial charge in [0.25, 0.3) is 5.56 Å². The maximum Gasteiger partial charge on any atom is 1.00 e. The van der Waals surface area contributed by atoms with Crippen LogP contribution in [0.5, 0.6) is 34.5 Å². The number of rotatable bonds is 12. The Balaban J connectivity index is 0.00000871. The van der Waals surface area contributed by atoms with Gasteiger partial charge in [-0.15, -0.1) is 6.07 Å². The molecule has 0 bridgehead atoms. The summed E-state index contributed by atoms with van der Waals surface area (Å²) in [7, 11) is 0. The number of ether oxygens (including phenoxy) is 3. The first-order valence-electron chi connectivity index (χ1n) is 22.8. The number of aromatic nitrogens is 1. The van der Waals surface area contributed by atoms with Gasteiger partial charge in [0.05, 0.1) is 0 Å². The molecule has 1 aromatic heterocycles. The first-order valence-corrected chi connectivity index (χ1v) is 22.8. The molecule has 5 rings (SSSR count). The monoisotopic (exact) mass is 904 g/mol. The zero-order valence-corrected chi connectivity index (χ0v) is 43.0. The summed E-state index contributed by atoms with van der Waals surface area (Å²) in [6.07, 6.45) is 5.15. The summed E-state index contributed by atoms with van der Waals surface area (Å²) in [4.78, 5) is 17.7. The molecule has 5 nitrogen and oxygen atoms in total. The minimum atomic E-state index is -0.400. The van der Waals surface area contributed by atoms with Crippen LogP contribution >= 0.6 is 0 Å². The molecule has 0 amide bonds. The van der Waals surface area contributed by atoms with Crippen molar-refractivity contribution in [3.8, 4) is 34.5 Å². The van der Waals surface area contributed by atoms with Gasteiger partial charge in [-0.05, 0) is 128 Å². The second-order valence-electron chi connectivity index (χ2n) is 25.3. The Bertz CT molecular complexity index is 2410. The van der Waals surface area contributed by atoms with Gasteiger partial charge >= 0.3 is 17.1 Å². The summed E-state index contributed by atoms with van der Waals surface area (Å²) >= 11 is 0. The van der Waals surface area contributed by atoms with Gasteiger partial charge in [-0.25, -0.2) is 0 Å². The summed E-state index contributed by atoms with van der Waals surface area (Å²) in [5, 5.41) is 0.588. The molecule has 0 aliphatic heterocycles. The van der Waals surface area contributed by atoms with Crippen LogP contribution in [0.3, 0.4) is 0 Å². The Morgan fingerprint density at radius 1 is 0.429 bits per heavy atom. The van der Waals surface area contributed by atoms with Gasteiger partial charge in [0, 0.05) is 5.75 Å². The number of benzene rings is 4. The van der Waals surface area contributed by atoms with E-state index in [0.29, 0.717) is 33.9 Å². The quantitative estimate of drug-likeness (QED) is 0.100. The topological polar surface area (TPSA) is 60.6 Å². The Labute approximate surface area is 392 Å². The van der Waals surface area contributed by atoms with Crippen LogP contribution in [-0.2, 0) is 55.6 Å². The van der Waals surface area contributed by atoms with E-state index in [2.05, 4.69) is 184 Å². The van der Waals surface area contributed by atoms with Crippen molar-refractivity contribution in [2.45, 2.75) is 163 Å². The largest absolute Gasteiger partial charge is 1.00 e. The molecular weight excluding hydrogens is 826 g/mol. The summed E-state index contributed by atoms with van der Waals surface area (Å²) in [6, 6.07) is 26.5. The van der Waals surface area contributed by atoms with E-state index in [0.717, 1.165) is 61.0 Å². The van der Waals surface area contributed by atoms with E-state index in [1.54, 1.807) is 6.07 Å². The van der Waals surface area contributed by atoms with E-state index in [1.807, 2.05) is 12.1 Å². The van der Waals surface area contributed by atoms with Crippen LogP contribution in [0.15, 0.2) is 71.5 Å². The van der Waals surface area contributed by atoms with Crippen molar-refractivity contribution in [3.05, 3.63) is 117 Å². The van der Waals surface area contributed by atoms with E-state index in [4.69, 9.17) is 14.2 Å². The molecule has 0 atom stereocenters. The van der Waals surface area contributed by atoms with Crippen LogP contribution in [0, 0.1) is 38.6 Å². The zero-order chi connectivity index (χ0) is 46.2. The third kappa shape index (κ3) is 15.9. The first-order chi connectivity index (χ1) is 28.3. The zero-order valence-electron chi connectivity index (χ0n) is 42.0. The van der Waals surface area contributed by atoms with Gasteiger partial charge < -0.3 is 19.2 Å². The maximum absolute atomic E-state index is 14.5. The number of pyridine rings is 1. The molecule has 0 spiro atoms. The molecule has 1 N–H and O–H groups in total.